The Hall–Kier alpha value is -2.95. The molecule has 0 bridgehead atoms. The lowest BCUT2D eigenvalue weighted by atomic mass is 9.72. The normalized spacial score (nSPS) is 22.2. The molecule has 2 aromatic rings. The molecule has 0 amide bonds. The van der Waals surface area contributed by atoms with Gasteiger partial charge in [-0.05, 0) is 42.2 Å². The number of benzene rings is 2. The molecule has 2 N–H and O–H groups in total. The van der Waals surface area contributed by atoms with Crippen molar-refractivity contribution in [2.45, 2.75) is 33.2 Å². The van der Waals surface area contributed by atoms with Crippen LogP contribution in [0.4, 0.5) is 11.4 Å². The first-order valence-corrected chi connectivity index (χ1v) is 10.1. The number of fused-ring (bicyclic) bond motifs is 2. The van der Waals surface area contributed by atoms with Gasteiger partial charge in [-0.25, -0.2) is 0 Å². The van der Waals surface area contributed by atoms with Gasteiger partial charge in [0.25, 0.3) is 0 Å². The fraction of sp³-hybridized carbons (Fsp3) is 0.375. The molecular formula is C24H28N2O3. The van der Waals surface area contributed by atoms with Crippen LogP contribution in [0.3, 0.4) is 0 Å². The molecule has 0 saturated carbocycles. The first kappa shape index (κ1) is 19.4. The first-order chi connectivity index (χ1) is 13.9. The summed E-state index contributed by atoms with van der Waals surface area (Å²) >= 11 is 0. The molecule has 0 radical (unpaired) electrons. The number of rotatable bonds is 4. The number of carbonyl (C=O) groups excluding carboxylic acids is 1. The van der Waals surface area contributed by atoms with E-state index in [9.17, 15) is 4.79 Å². The Balaban J connectivity index is 1.84. The third-order valence-electron chi connectivity index (χ3n) is 5.56. The predicted octanol–water partition coefficient (Wildman–Crippen LogP) is 5.17. The number of hydrogen-bond acceptors (Lipinski definition) is 5. The maximum Gasteiger partial charge on any atom is 0.161 e. The highest BCUT2D eigenvalue weighted by Crippen LogP contribution is 2.46. The van der Waals surface area contributed by atoms with E-state index in [2.05, 4.69) is 30.6 Å². The van der Waals surface area contributed by atoms with Gasteiger partial charge in [-0.2, -0.15) is 0 Å². The van der Waals surface area contributed by atoms with Crippen molar-refractivity contribution in [1.29, 1.82) is 0 Å². The lowest BCUT2D eigenvalue weighted by molar-refractivity contribution is -0.124. The van der Waals surface area contributed by atoms with Crippen LogP contribution in [-0.2, 0) is 4.79 Å². The smallest absolute Gasteiger partial charge is 0.161 e. The largest absolute Gasteiger partial charge is 0.493 e. The van der Waals surface area contributed by atoms with Crippen molar-refractivity contribution in [2.24, 2.45) is 11.3 Å². The molecule has 2 aromatic carbocycles. The van der Waals surface area contributed by atoms with E-state index in [1.165, 1.54) is 0 Å². The van der Waals surface area contributed by atoms with E-state index in [1.807, 2.05) is 49.4 Å². The van der Waals surface area contributed by atoms with Gasteiger partial charge < -0.3 is 20.1 Å². The highest BCUT2D eigenvalue weighted by Gasteiger charge is 2.41. The van der Waals surface area contributed by atoms with E-state index in [0.717, 1.165) is 22.6 Å². The average Bonchev–Trinajstić information content (AvgIpc) is 2.84. The van der Waals surface area contributed by atoms with Gasteiger partial charge in [-0.15, -0.1) is 0 Å². The Labute approximate surface area is 172 Å². The van der Waals surface area contributed by atoms with Crippen molar-refractivity contribution in [3.05, 3.63) is 59.8 Å². The van der Waals surface area contributed by atoms with E-state index in [0.29, 0.717) is 24.5 Å². The van der Waals surface area contributed by atoms with E-state index < -0.39 is 0 Å². The minimum atomic E-state index is -0.293. The van der Waals surface area contributed by atoms with Gasteiger partial charge in [-0.3, -0.25) is 4.79 Å². The summed E-state index contributed by atoms with van der Waals surface area (Å²) in [6.07, 6.45) is 2.73. The van der Waals surface area contributed by atoms with E-state index in [4.69, 9.17) is 9.47 Å². The quantitative estimate of drug-likeness (QED) is 0.751. The van der Waals surface area contributed by atoms with Gasteiger partial charge in [0, 0.05) is 12.1 Å². The molecule has 5 nitrogen and oxygen atoms in total. The molecule has 2 aliphatic rings. The number of methoxy groups -OCH3 is 1. The molecule has 2 atom stereocenters. The van der Waals surface area contributed by atoms with E-state index in [-0.39, 0.29) is 23.2 Å². The lowest BCUT2D eigenvalue weighted by Gasteiger charge is -2.35. The Morgan fingerprint density at radius 3 is 2.59 bits per heavy atom. The van der Waals surface area contributed by atoms with Crippen LogP contribution in [0.2, 0.25) is 0 Å². The summed E-state index contributed by atoms with van der Waals surface area (Å²) in [7, 11) is 1.64. The number of nitrogens with one attached hydrogen (secondary N) is 2. The first-order valence-electron chi connectivity index (χ1n) is 10.1. The molecule has 4 rings (SSSR count). The standard InChI is InChI=1S/C24H28N2O3/c1-5-29-20-11-10-15(12-21(20)28-4)23-22-18(13-24(2,3)14-19(22)27)25-16-8-6-7-9-17(16)26-23/h6-13,22-23,25-26H,5,14H2,1-4H3. The number of anilines is 2. The summed E-state index contributed by atoms with van der Waals surface area (Å²) < 4.78 is 11.2. The van der Waals surface area contributed by atoms with Gasteiger partial charge in [0.05, 0.1) is 37.1 Å². The van der Waals surface area contributed by atoms with E-state index in [1.54, 1.807) is 7.11 Å². The monoisotopic (exact) mass is 392 g/mol. The molecule has 1 heterocycles. The molecule has 29 heavy (non-hydrogen) atoms. The van der Waals surface area contributed by atoms with Crippen molar-refractivity contribution in [1.82, 2.24) is 0 Å². The van der Waals surface area contributed by atoms with Gasteiger partial charge >= 0.3 is 0 Å². The zero-order valence-electron chi connectivity index (χ0n) is 17.4. The average molecular weight is 392 g/mol. The maximum atomic E-state index is 13.3. The van der Waals surface area contributed by atoms with E-state index >= 15 is 0 Å². The number of hydrogen-bond donors (Lipinski definition) is 2. The van der Waals surface area contributed by atoms with Crippen LogP contribution in [0.1, 0.15) is 38.8 Å². The number of allylic oxidation sites excluding steroid dienone is 1. The van der Waals surface area contributed by atoms with Gasteiger partial charge in [0.1, 0.15) is 5.78 Å². The maximum absolute atomic E-state index is 13.3. The molecule has 5 heteroatoms. The molecule has 2 unspecified atom stereocenters. The van der Waals surface area contributed by atoms with Crippen LogP contribution >= 0.6 is 0 Å². The highest BCUT2D eigenvalue weighted by atomic mass is 16.5. The second-order valence-electron chi connectivity index (χ2n) is 8.34. The van der Waals surface area contributed by atoms with Crippen LogP contribution in [-0.4, -0.2) is 19.5 Å². The molecule has 0 aromatic heterocycles. The lowest BCUT2D eigenvalue weighted by Crippen LogP contribution is -2.36. The van der Waals surface area contributed by atoms with Crippen molar-refractivity contribution in [3.63, 3.8) is 0 Å². The topological polar surface area (TPSA) is 59.6 Å². The van der Waals surface area contributed by atoms with Crippen LogP contribution < -0.4 is 20.1 Å². The Kier molecular flexibility index (Phi) is 4.99. The fourth-order valence-electron chi connectivity index (χ4n) is 4.33. The van der Waals surface area contributed by atoms with Crippen molar-refractivity contribution >= 4 is 17.2 Å². The number of ketones is 1. The molecule has 0 saturated heterocycles. The van der Waals surface area contributed by atoms with Gasteiger partial charge in [-0.1, -0.05) is 38.1 Å². The predicted molar refractivity (Wildman–Crippen MR) is 116 cm³/mol. The zero-order valence-corrected chi connectivity index (χ0v) is 17.4. The summed E-state index contributed by atoms with van der Waals surface area (Å²) in [4.78, 5) is 13.3. The molecule has 152 valence electrons. The number of ether oxygens (including phenoxy) is 2. The van der Waals surface area contributed by atoms with Gasteiger partial charge in [0.15, 0.2) is 11.5 Å². The summed E-state index contributed by atoms with van der Waals surface area (Å²) in [6, 6.07) is 13.8. The number of Topliss-reactive ketones (excluding diaryl/α,β-unsaturated/α-hetero) is 1. The summed E-state index contributed by atoms with van der Waals surface area (Å²) in [6.45, 7) is 6.73. The second kappa shape index (κ2) is 7.47. The number of para-hydroxylation sites is 2. The van der Waals surface area contributed by atoms with Crippen LogP contribution in [0, 0.1) is 11.3 Å². The SMILES string of the molecule is CCOc1ccc(C2Nc3ccccc3NC3=CC(C)(C)CC(=O)C32)cc1OC. The molecule has 0 fully saturated rings. The molecular weight excluding hydrogens is 364 g/mol. The minimum absolute atomic E-state index is 0.170. The molecule has 1 aliphatic carbocycles. The van der Waals surface area contributed by atoms with Crippen LogP contribution in [0.5, 0.6) is 11.5 Å². The summed E-state index contributed by atoms with van der Waals surface area (Å²) in [5, 5.41) is 7.14. The van der Waals surface area contributed by atoms with Crippen LogP contribution in [0.15, 0.2) is 54.2 Å². The van der Waals surface area contributed by atoms with Gasteiger partial charge in [0.2, 0.25) is 0 Å². The highest BCUT2D eigenvalue weighted by molar-refractivity contribution is 5.90. The number of carbonyl (C=O) groups is 1. The molecule has 0 spiro atoms. The van der Waals surface area contributed by atoms with Crippen molar-refractivity contribution in [3.8, 4) is 11.5 Å². The fourth-order valence-corrected chi connectivity index (χ4v) is 4.33. The minimum Gasteiger partial charge on any atom is -0.493 e. The third-order valence-corrected chi connectivity index (χ3v) is 5.56. The summed E-state index contributed by atoms with van der Waals surface area (Å²) in [5.74, 6) is 1.32. The Bertz CT molecular complexity index is 964. The second-order valence-corrected chi connectivity index (χ2v) is 8.34. The van der Waals surface area contributed by atoms with Crippen molar-refractivity contribution in [2.75, 3.05) is 24.4 Å². The Morgan fingerprint density at radius 2 is 1.86 bits per heavy atom. The van der Waals surface area contributed by atoms with Crippen molar-refractivity contribution < 1.29 is 14.3 Å². The molecule has 1 aliphatic heterocycles. The third kappa shape index (κ3) is 3.69. The zero-order chi connectivity index (χ0) is 20.6. The van der Waals surface area contributed by atoms with Crippen LogP contribution in [0.25, 0.3) is 0 Å². The Morgan fingerprint density at radius 1 is 1.10 bits per heavy atom. The summed E-state index contributed by atoms with van der Waals surface area (Å²) in [5.41, 5.74) is 3.74.